The van der Waals surface area contributed by atoms with E-state index in [2.05, 4.69) is 22.8 Å². The van der Waals surface area contributed by atoms with E-state index < -0.39 is 59.2 Å². The van der Waals surface area contributed by atoms with Gasteiger partial charge in [0.1, 0.15) is 18.6 Å². The molecule has 0 bridgehead atoms. The highest BCUT2D eigenvalue weighted by Gasteiger charge is 2.48. The standard InChI is InChI=1S/C41H59N3O7/c1-24(2)34(38(46)44(8)35(26-16-10-11-17-26)36(50-9)33(39(47)48)41(4,5)6)43-37(45)32(25(3)22-42-7)40(49)51-23-31-29-20-14-12-18-27(29)28-19-13-15-21-30(28)31/h12-15,18-21,24-26,31-36,42H,10-11,16-17,22-23H2,1-9H3,(H,43,45)(H,47,48)/t25?,32-,33?,34-,35-,36+/m0/s1. The summed E-state index contributed by atoms with van der Waals surface area (Å²) in [6.07, 6.45) is 2.91. The van der Waals surface area contributed by atoms with Gasteiger partial charge >= 0.3 is 11.9 Å². The first-order valence-electron chi connectivity index (χ1n) is 18.5. The van der Waals surface area contributed by atoms with Gasteiger partial charge in [0.05, 0.1) is 18.1 Å². The number of likely N-dealkylation sites (N-methyl/N-ethyl adjacent to an activating group) is 1. The van der Waals surface area contributed by atoms with Crippen molar-refractivity contribution in [2.24, 2.45) is 35.0 Å². The number of nitrogens with one attached hydrogen (secondary N) is 2. The summed E-state index contributed by atoms with van der Waals surface area (Å²) in [5, 5.41) is 16.4. The number of nitrogens with zero attached hydrogens (tertiary/aromatic N) is 1. The summed E-state index contributed by atoms with van der Waals surface area (Å²) in [4.78, 5) is 56.8. The van der Waals surface area contributed by atoms with Gasteiger partial charge < -0.3 is 30.1 Å². The number of amides is 2. The van der Waals surface area contributed by atoms with E-state index in [-0.39, 0.29) is 30.3 Å². The normalized spacial score (nSPS) is 18.2. The molecule has 6 atom stereocenters. The first-order chi connectivity index (χ1) is 24.1. The molecule has 2 aromatic carbocycles. The van der Waals surface area contributed by atoms with Crippen molar-refractivity contribution in [2.45, 2.75) is 91.3 Å². The molecule has 0 aliphatic heterocycles. The quantitative estimate of drug-likeness (QED) is 0.149. The number of esters is 1. The van der Waals surface area contributed by atoms with Crippen LogP contribution in [0.25, 0.3) is 11.1 Å². The maximum atomic E-state index is 14.5. The fourth-order valence-corrected chi connectivity index (χ4v) is 8.44. The zero-order valence-electron chi connectivity index (χ0n) is 31.9. The van der Waals surface area contributed by atoms with Crippen molar-refractivity contribution in [3.05, 3.63) is 59.7 Å². The lowest BCUT2D eigenvalue weighted by Crippen LogP contribution is -2.60. The van der Waals surface area contributed by atoms with Crippen LogP contribution in [0.1, 0.15) is 84.3 Å². The molecule has 2 amide bonds. The Morgan fingerprint density at radius 1 is 0.941 bits per heavy atom. The third kappa shape index (κ3) is 8.83. The molecule has 1 fully saturated rings. The predicted octanol–water partition coefficient (Wildman–Crippen LogP) is 5.73. The molecule has 10 nitrogen and oxygen atoms in total. The Bertz CT molecular complexity index is 1480. The smallest absolute Gasteiger partial charge is 0.318 e. The number of hydrogen-bond donors (Lipinski definition) is 3. The highest BCUT2D eigenvalue weighted by atomic mass is 16.5. The molecule has 0 spiro atoms. The summed E-state index contributed by atoms with van der Waals surface area (Å²) in [6.45, 7) is 11.6. The first kappa shape index (κ1) is 40.0. The molecule has 0 radical (unpaired) electrons. The van der Waals surface area contributed by atoms with Gasteiger partial charge in [0, 0.05) is 20.1 Å². The SMILES string of the molecule is CNCC(C)[C@@H](C(=O)N[C@H](C(=O)N(C)[C@@H](C1CCCC1)[C@H](OC)C(C(=O)O)C(C)(C)C)C(C)C)C(=O)OCC1c2ccccc2-c2ccccc21. The number of ether oxygens (including phenoxy) is 2. The lowest BCUT2D eigenvalue weighted by molar-refractivity contribution is -0.162. The van der Waals surface area contributed by atoms with Crippen molar-refractivity contribution in [1.29, 1.82) is 0 Å². The lowest BCUT2D eigenvalue weighted by atomic mass is 9.72. The molecular weight excluding hydrogens is 646 g/mol. The zero-order valence-corrected chi connectivity index (χ0v) is 31.9. The van der Waals surface area contributed by atoms with Crippen molar-refractivity contribution in [1.82, 2.24) is 15.5 Å². The highest BCUT2D eigenvalue weighted by molar-refractivity contribution is 6.00. The zero-order chi connectivity index (χ0) is 37.6. The van der Waals surface area contributed by atoms with Crippen LogP contribution >= 0.6 is 0 Å². The minimum atomic E-state index is -1.17. The van der Waals surface area contributed by atoms with Crippen LogP contribution in [0.2, 0.25) is 0 Å². The van der Waals surface area contributed by atoms with Gasteiger partial charge in [-0.05, 0) is 71.9 Å². The van der Waals surface area contributed by atoms with Gasteiger partial charge in [0.15, 0.2) is 0 Å². The van der Waals surface area contributed by atoms with Crippen LogP contribution < -0.4 is 10.6 Å². The number of carbonyl (C=O) groups excluding carboxylic acids is 3. The number of methoxy groups -OCH3 is 1. The fourth-order valence-electron chi connectivity index (χ4n) is 8.44. The summed E-state index contributed by atoms with van der Waals surface area (Å²) < 4.78 is 12.0. The lowest BCUT2D eigenvalue weighted by Gasteiger charge is -2.44. The third-order valence-electron chi connectivity index (χ3n) is 11.0. The van der Waals surface area contributed by atoms with Gasteiger partial charge in [-0.1, -0.05) is 103 Å². The van der Waals surface area contributed by atoms with Crippen LogP contribution in [-0.4, -0.2) is 86.3 Å². The topological polar surface area (TPSA) is 134 Å². The third-order valence-corrected chi connectivity index (χ3v) is 11.0. The second-order valence-electron chi connectivity index (χ2n) is 16.0. The summed E-state index contributed by atoms with van der Waals surface area (Å²) in [7, 11) is 4.96. The number of carbonyl (C=O) groups is 4. The van der Waals surface area contributed by atoms with E-state index in [9.17, 15) is 24.3 Å². The molecule has 280 valence electrons. The monoisotopic (exact) mass is 705 g/mol. The number of aliphatic carboxylic acids is 1. The maximum Gasteiger partial charge on any atom is 0.318 e. The number of fused-ring (bicyclic) bond motifs is 3. The molecular formula is C41H59N3O7. The Labute approximate surface area is 304 Å². The van der Waals surface area contributed by atoms with Crippen LogP contribution in [0.5, 0.6) is 0 Å². The average Bonchev–Trinajstić information content (AvgIpc) is 3.71. The highest BCUT2D eigenvalue weighted by Crippen LogP contribution is 2.45. The van der Waals surface area contributed by atoms with Gasteiger partial charge in [0.2, 0.25) is 11.8 Å². The van der Waals surface area contributed by atoms with Crippen LogP contribution in [0, 0.1) is 35.0 Å². The summed E-state index contributed by atoms with van der Waals surface area (Å²) in [5.74, 6) is -5.46. The minimum Gasteiger partial charge on any atom is -0.481 e. The Morgan fingerprint density at radius 3 is 1.96 bits per heavy atom. The van der Waals surface area contributed by atoms with Crippen molar-refractivity contribution >= 4 is 23.8 Å². The van der Waals surface area contributed by atoms with Gasteiger partial charge in [0.25, 0.3) is 0 Å². The fraction of sp³-hybridized carbons (Fsp3) is 0.610. The molecule has 0 aromatic heterocycles. The molecule has 1 saturated carbocycles. The number of carboxylic acids is 1. The summed E-state index contributed by atoms with van der Waals surface area (Å²) >= 11 is 0. The molecule has 2 aliphatic rings. The van der Waals surface area contributed by atoms with Crippen molar-refractivity contribution in [2.75, 3.05) is 34.4 Å². The second kappa shape index (κ2) is 17.2. The first-order valence-corrected chi connectivity index (χ1v) is 18.5. The number of carboxylic acid groups (broad SMARTS) is 1. The molecule has 2 unspecified atom stereocenters. The second-order valence-corrected chi connectivity index (χ2v) is 16.0. The van der Waals surface area contributed by atoms with E-state index in [1.165, 1.54) is 7.11 Å². The number of benzene rings is 2. The van der Waals surface area contributed by atoms with Crippen LogP contribution in [-0.2, 0) is 28.7 Å². The van der Waals surface area contributed by atoms with Gasteiger partial charge in [-0.25, -0.2) is 0 Å². The van der Waals surface area contributed by atoms with Crippen molar-refractivity contribution in [3.63, 3.8) is 0 Å². The van der Waals surface area contributed by atoms with Gasteiger partial charge in [-0.3, -0.25) is 19.2 Å². The van der Waals surface area contributed by atoms with E-state index >= 15 is 0 Å². The van der Waals surface area contributed by atoms with Crippen molar-refractivity contribution < 1.29 is 33.8 Å². The Hall–Kier alpha value is -3.76. The molecule has 2 aromatic rings. The largest absolute Gasteiger partial charge is 0.481 e. The predicted molar refractivity (Wildman–Crippen MR) is 198 cm³/mol. The van der Waals surface area contributed by atoms with Gasteiger partial charge in [-0.15, -0.1) is 0 Å². The van der Waals surface area contributed by atoms with E-state index in [0.717, 1.165) is 47.9 Å². The summed E-state index contributed by atoms with van der Waals surface area (Å²) in [5.41, 5.74) is 3.73. The Kier molecular flexibility index (Phi) is 13.5. The molecule has 0 saturated heterocycles. The number of rotatable bonds is 16. The van der Waals surface area contributed by atoms with Crippen LogP contribution in [0.3, 0.4) is 0 Å². The van der Waals surface area contributed by atoms with Crippen LogP contribution in [0.15, 0.2) is 48.5 Å². The van der Waals surface area contributed by atoms with E-state index in [4.69, 9.17) is 9.47 Å². The maximum absolute atomic E-state index is 14.5. The van der Waals surface area contributed by atoms with Gasteiger partial charge in [-0.2, -0.15) is 0 Å². The minimum absolute atomic E-state index is 0.0424. The van der Waals surface area contributed by atoms with E-state index in [1.807, 2.05) is 77.9 Å². The van der Waals surface area contributed by atoms with Crippen molar-refractivity contribution in [3.8, 4) is 11.1 Å². The molecule has 3 N–H and O–H groups in total. The molecule has 51 heavy (non-hydrogen) atoms. The van der Waals surface area contributed by atoms with E-state index in [1.54, 1.807) is 19.0 Å². The summed E-state index contributed by atoms with van der Waals surface area (Å²) in [6, 6.07) is 14.7. The average molecular weight is 706 g/mol. The van der Waals surface area contributed by atoms with E-state index in [0.29, 0.717) is 6.54 Å². The molecule has 10 heteroatoms. The molecule has 2 aliphatic carbocycles. The number of hydrogen-bond acceptors (Lipinski definition) is 7. The molecule has 4 rings (SSSR count). The van der Waals surface area contributed by atoms with Crippen LogP contribution in [0.4, 0.5) is 0 Å². The Balaban J connectivity index is 1.58. The molecule has 0 heterocycles. The Morgan fingerprint density at radius 2 is 1.49 bits per heavy atom.